The Bertz CT molecular complexity index is 1200. The maximum atomic E-state index is 12.7. The van der Waals surface area contributed by atoms with Crippen molar-refractivity contribution in [2.24, 2.45) is 0 Å². The van der Waals surface area contributed by atoms with Crippen LogP contribution >= 0.6 is 23.2 Å². The molecule has 0 aliphatic heterocycles. The third-order valence-electron chi connectivity index (χ3n) is 5.72. The number of rotatable bonds is 7. The van der Waals surface area contributed by atoms with E-state index in [0.29, 0.717) is 0 Å². The summed E-state index contributed by atoms with van der Waals surface area (Å²) < 4.78 is 0. The lowest BCUT2D eigenvalue weighted by atomic mass is 10.0. The van der Waals surface area contributed by atoms with Crippen LogP contribution in [-0.4, -0.2) is 35.0 Å². The van der Waals surface area contributed by atoms with Gasteiger partial charge in [-0.05, 0) is 73.4 Å². The Morgan fingerprint density at radius 2 is 1.64 bits per heavy atom. The minimum absolute atomic E-state index is 0.0755. The highest BCUT2D eigenvalue weighted by Gasteiger charge is 2.24. The maximum absolute atomic E-state index is 12.7. The Balaban J connectivity index is 1.81. The molecule has 0 radical (unpaired) electrons. The van der Waals surface area contributed by atoms with Crippen LogP contribution in [0.2, 0.25) is 10.0 Å². The molecule has 33 heavy (non-hydrogen) atoms. The van der Waals surface area contributed by atoms with Gasteiger partial charge in [0.15, 0.2) is 0 Å². The van der Waals surface area contributed by atoms with Crippen LogP contribution in [0.1, 0.15) is 41.4 Å². The third-order valence-corrected chi connectivity index (χ3v) is 6.46. The van der Waals surface area contributed by atoms with Crippen molar-refractivity contribution in [1.82, 2.24) is 4.90 Å². The van der Waals surface area contributed by atoms with Gasteiger partial charge in [-0.15, -0.1) is 0 Å². The lowest BCUT2D eigenvalue weighted by Gasteiger charge is -2.22. The highest BCUT2D eigenvalue weighted by molar-refractivity contribution is 6.34. The smallest absolute Gasteiger partial charge is 0.326 e. The molecule has 0 saturated carbocycles. The first-order chi connectivity index (χ1) is 15.6. The van der Waals surface area contributed by atoms with Crippen molar-refractivity contribution in [3.63, 3.8) is 0 Å². The highest BCUT2D eigenvalue weighted by atomic mass is 35.5. The van der Waals surface area contributed by atoms with Crippen LogP contribution in [0, 0.1) is 6.92 Å². The third kappa shape index (κ3) is 5.67. The number of carbonyl (C=O) groups excluding carboxylic acids is 1. The zero-order valence-corrected chi connectivity index (χ0v) is 20.4. The number of nitrogens with one attached hydrogen (secondary N) is 1. The van der Waals surface area contributed by atoms with Crippen LogP contribution in [0.4, 0.5) is 5.69 Å². The summed E-state index contributed by atoms with van der Waals surface area (Å²) in [4.78, 5) is 25.0. The van der Waals surface area contributed by atoms with Crippen LogP contribution in [0.25, 0.3) is 11.1 Å². The van der Waals surface area contributed by atoms with E-state index >= 15 is 0 Å². The summed E-state index contributed by atoms with van der Waals surface area (Å²) in [6.07, 6.45) is 0. The van der Waals surface area contributed by atoms with Gasteiger partial charge in [0.2, 0.25) is 0 Å². The summed E-state index contributed by atoms with van der Waals surface area (Å²) >= 11 is 12.6. The molecular weight excluding hydrogens is 459 g/mol. The number of hydrogen-bond acceptors (Lipinski definition) is 3. The Labute approximate surface area is 203 Å². The predicted molar refractivity (Wildman–Crippen MR) is 134 cm³/mol. The van der Waals surface area contributed by atoms with Crippen LogP contribution < -0.4 is 5.32 Å². The minimum atomic E-state index is -1.08. The topological polar surface area (TPSA) is 69.6 Å². The van der Waals surface area contributed by atoms with Gasteiger partial charge >= 0.3 is 5.97 Å². The van der Waals surface area contributed by atoms with Gasteiger partial charge in [0.05, 0.1) is 10.6 Å². The van der Waals surface area contributed by atoms with E-state index in [1.807, 2.05) is 49.4 Å². The van der Waals surface area contributed by atoms with E-state index in [0.717, 1.165) is 37.9 Å². The van der Waals surface area contributed by atoms with Crippen molar-refractivity contribution < 1.29 is 14.7 Å². The summed E-state index contributed by atoms with van der Waals surface area (Å²) in [5.41, 5.74) is 5.16. The maximum Gasteiger partial charge on any atom is 0.326 e. The molecule has 3 aromatic rings. The number of carboxylic acid groups (broad SMARTS) is 1. The van der Waals surface area contributed by atoms with Crippen molar-refractivity contribution in [3.8, 4) is 11.1 Å². The van der Waals surface area contributed by atoms with E-state index in [9.17, 15) is 9.59 Å². The number of amides is 1. The zero-order chi connectivity index (χ0) is 24.3. The molecule has 5 nitrogen and oxygen atoms in total. The second kappa shape index (κ2) is 10.3. The van der Waals surface area contributed by atoms with Gasteiger partial charge in [-0.25, -0.2) is 4.79 Å². The monoisotopic (exact) mass is 484 g/mol. The van der Waals surface area contributed by atoms with Gasteiger partial charge in [-0.3, -0.25) is 4.79 Å². The number of halogens is 2. The van der Waals surface area contributed by atoms with Crippen LogP contribution in [-0.2, 0) is 4.79 Å². The van der Waals surface area contributed by atoms with Crippen molar-refractivity contribution in [3.05, 3.63) is 87.4 Å². The fourth-order valence-electron chi connectivity index (χ4n) is 3.46. The minimum Gasteiger partial charge on any atom is -0.480 e. The summed E-state index contributed by atoms with van der Waals surface area (Å²) in [5, 5.41) is 13.7. The summed E-state index contributed by atoms with van der Waals surface area (Å²) in [5.74, 6) is -1.52. The molecular formula is C26H26Cl2N2O3. The van der Waals surface area contributed by atoms with Gasteiger partial charge in [0.25, 0.3) is 5.91 Å². The largest absolute Gasteiger partial charge is 0.480 e. The van der Waals surface area contributed by atoms with Crippen molar-refractivity contribution in [2.45, 2.75) is 32.9 Å². The van der Waals surface area contributed by atoms with Crippen LogP contribution in [0.15, 0.2) is 60.7 Å². The van der Waals surface area contributed by atoms with Gasteiger partial charge in [0, 0.05) is 23.8 Å². The fourth-order valence-corrected chi connectivity index (χ4v) is 3.84. The van der Waals surface area contributed by atoms with Crippen LogP contribution in [0.3, 0.4) is 0 Å². The molecule has 2 atom stereocenters. The number of aryl methyl sites for hydroxylation is 1. The van der Waals surface area contributed by atoms with Gasteiger partial charge < -0.3 is 15.3 Å². The number of carboxylic acids is 1. The number of likely N-dealkylation sites (N-methyl/N-ethyl adjacent to an activating group) is 1. The number of benzene rings is 3. The van der Waals surface area contributed by atoms with E-state index in [1.54, 1.807) is 12.1 Å². The SMILES string of the molecule is Cc1cc(C(C)Nc2cccc(-c3ccc(C(=O)N(C)C(C)C(=O)O)c(Cl)c3)c2)ccc1Cl. The molecule has 172 valence electrons. The molecule has 0 spiro atoms. The average Bonchev–Trinajstić information content (AvgIpc) is 2.79. The van der Waals surface area contributed by atoms with E-state index in [1.165, 1.54) is 14.0 Å². The first-order valence-corrected chi connectivity index (χ1v) is 11.3. The number of carbonyl (C=O) groups is 2. The van der Waals surface area contributed by atoms with E-state index in [4.69, 9.17) is 28.3 Å². The fraction of sp³-hybridized carbons (Fsp3) is 0.231. The van der Waals surface area contributed by atoms with Gasteiger partial charge in [-0.1, -0.05) is 53.5 Å². The molecule has 0 fully saturated rings. The van der Waals surface area contributed by atoms with Gasteiger partial charge in [0.1, 0.15) is 6.04 Å². The Hall–Kier alpha value is -3.02. The molecule has 0 heterocycles. The molecule has 0 aliphatic rings. The van der Waals surface area contributed by atoms with E-state index < -0.39 is 17.9 Å². The summed E-state index contributed by atoms with van der Waals surface area (Å²) in [6.45, 7) is 5.52. The molecule has 0 saturated heterocycles. The summed E-state index contributed by atoms with van der Waals surface area (Å²) in [6, 6.07) is 18.2. The highest BCUT2D eigenvalue weighted by Crippen LogP contribution is 2.30. The molecule has 2 N–H and O–H groups in total. The number of aliphatic carboxylic acids is 1. The summed E-state index contributed by atoms with van der Waals surface area (Å²) in [7, 11) is 1.45. The molecule has 1 amide bonds. The number of hydrogen-bond donors (Lipinski definition) is 2. The molecule has 0 bridgehead atoms. The molecule has 0 aromatic heterocycles. The standard InChI is InChI=1S/C26H26Cl2N2O3/c1-15-12-18(9-11-23(15)27)16(2)29-21-7-5-6-19(13-21)20-8-10-22(24(28)14-20)25(31)30(4)17(3)26(32)33/h5-14,16-17,29H,1-4H3,(H,32,33). The number of anilines is 1. The Morgan fingerprint density at radius 1 is 0.939 bits per heavy atom. The van der Waals surface area contributed by atoms with E-state index in [2.05, 4.69) is 18.3 Å². The quantitative estimate of drug-likeness (QED) is 0.391. The Morgan fingerprint density at radius 3 is 2.27 bits per heavy atom. The lowest BCUT2D eigenvalue weighted by molar-refractivity contribution is -0.141. The second-order valence-corrected chi connectivity index (χ2v) is 8.89. The average molecular weight is 485 g/mol. The molecule has 3 aromatic carbocycles. The van der Waals surface area contributed by atoms with Crippen molar-refractivity contribution >= 4 is 40.8 Å². The van der Waals surface area contributed by atoms with Gasteiger partial charge in [-0.2, -0.15) is 0 Å². The first kappa shape index (κ1) is 24.6. The molecule has 3 rings (SSSR count). The molecule has 2 unspecified atom stereocenters. The predicted octanol–water partition coefficient (Wildman–Crippen LogP) is 6.69. The van der Waals surface area contributed by atoms with E-state index in [-0.39, 0.29) is 16.6 Å². The van der Waals surface area contributed by atoms with Crippen LogP contribution in [0.5, 0.6) is 0 Å². The lowest BCUT2D eigenvalue weighted by Crippen LogP contribution is -2.40. The number of nitrogens with zero attached hydrogens (tertiary/aromatic N) is 1. The Kier molecular flexibility index (Phi) is 7.67. The molecule has 0 aliphatic carbocycles. The van der Waals surface area contributed by atoms with Crippen molar-refractivity contribution in [1.29, 1.82) is 0 Å². The second-order valence-electron chi connectivity index (χ2n) is 8.08. The van der Waals surface area contributed by atoms with Crippen molar-refractivity contribution in [2.75, 3.05) is 12.4 Å². The zero-order valence-electron chi connectivity index (χ0n) is 18.9. The normalized spacial score (nSPS) is 12.7. The first-order valence-electron chi connectivity index (χ1n) is 10.5. The molecule has 7 heteroatoms.